The summed E-state index contributed by atoms with van der Waals surface area (Å²) in [4.78, 5) is 12.6. The highest BCUT2D eigenvalue weighted by atomic mass is 31.1. The number of hydrogen-bond donors (Lipinski definition) is 3. The number of rotatable bonds is 6. The van der Waals surface area contributed by atoms with Crippen LogP contribution in [0.2, 0.25) is 0 Å². The first kappa shape index (κ1) is 23.8. The molecular formula is C19H33N5O4P+. The first-order valence-corrected chi connectivity index (χ1v) is 11.6. The molecule has 10 heteroatoms. The summed E-state index contributed by atoms with van der Waals surface area (Å²) in [7, 11) is -1.88. The van der Waals surface area contributed by atoms with Crippen molar-refractivity contribution in [2.45, 2.75) is 25.7 Å². The van der Waals surface area contributed by atoms with Crippen molar-refractivity contribution in [2.24, 2.45) is 0 Å². The summed E-state index contributed by atoms with van der Waals surface area (Å²) in [5.74, 6) is -0.548. The van der Waals surface area contributed by atoms with Crippen LogP contribution in [0.1, 0.15) is 19.8 Å². The zero-order chi connectivity index (χ0) is 20.9. The Bertz CT molecular complexity index is 618. The summed E-state index contributed by atoms with van der Waals surface area (Å²) in [6.45, 7) is 9.33. The number of non-ortho nitro benzene ring substituents is 1. The van der Waals surface area contributed by atoms with Crippen molar-refractivity contribution in [1.82, 2.24) is 20.9 Å². The minimum absolute atomic E-state index is 0.00632. The van der Waals surface area contributed by atoms with Crippen molar-refractivity contribution in [2.75, 3.05) is 59.0 Å². The Kier molecular flexibility index (Phi) is 11.2. The molecule has 1 aromatic rings. The maximum absolute atomic E-state index is 13.3. The number of benzene rings is 1. The molecule has 0 aromatic heterocycles. The summed E-state index contributed by atoms with van der Waals surface area (Å²) in [5, 5.41) is 21.7. The maximum Gasteiger partial charge on any atom is 0.425 e. The maximum atomic E-state index is 13.3. The van der Waals surface area contributed by atoms with Crippen molar-refractivity contribution in [3.8, 4) is 0 Å². The van der Waals surface area contributed by atoms with Gasteiger partial charge in [0.05, 0.1) is 11.5 Å². The summed E-state index contributed by atoms with van der Waals surface area (Å²) < 4.78 is 19.2. The molecule has 0 radical (unpaired) electrons. The molecule has 1 aliphatic heterocycles. The Hall–Kier alpha value is -1.48. The van der Waals surface area contributed by atoms with Gasteiger partial charge in [0.15, 0.2) is 5.30 Å². The van der Waals surface area contributed by atoms with Gasteiger partial charge in [0.25, 0.3) is 5.69 Å². The SMILES string of the molecule is CCOC(N1CCCNCCNCCCNCC1)[P+](=O)c1ccc([N+](=O)[O-])cc1. The largest absolute Gasteiger partial charge is 0.425 e. The van der Waals surface area contributed by atoms with Gasteiger partial charge in [0.1, 0.15) is 0 Å². The van der Waals surface area contributed by atoms with Crippen molar-refractivity contribution < 1.29 is 14.2 Å². The molecule has 0 aliphatic carbocycles. The highest BCUT2D eigenvalue weighted by Crippen LogP contribution is 2.31. The van der Waals surface area contributed by atoms with E-state index >= 15 is 0 Å². The van der Waals surface area contributed by atoms with Crippen molar-refractivity contribution in [3.05, 3.63) is 34.4 Å². The fraction of sp³-hybridized carbons (Fsp3) is 0.684. The zero-order valence-corrected chi connectivity index (χ0v) is 18.0. The molecule has 29 heavy (non-hydrogen) atoms. The third-order valence-corrected chi connectivity index (χ3v) is 6.39. The number of nitro benzene ring substituents is 1. The first-order chi connectivity index (χ1) is 14.1. The zero-order valence-electron chi connectivity index (χ0n) is 17.1. The quantitative estimate of drug-likeness (QED) is 0.354. The Labute approximate surface area is 173 Å². The van der Waals surface area contributed by atoms with Crippen LogP contribution in [0.5, 0.6) is 0 Å². The third kappa shape index (κ3) is 8.42. The van der Waals surface area contributed by atoms with Crippen molar-refractivity contribution in [3.63, 3.8) is 0 Å². The summed E-state index contributed by atoms with van der Waals surface area (Å²) in [6, 6.07) is 5.93. The fourth-order valence-electron chi connectivity index (χ4n) is 3.17. The van der Waals surface area contributed by atoms with Gasteiger partial charge in [0, 0.05) is 44.9 Å². The van der Waals surface area contributed by atoms with Crippen LogP contribution in [0.15, 0.2) is 24.3 Å². The number of nitrogens with zero attached hydrogens (tertiary/aromatic N) is 2. The number of ether oxygens (including phenoxy) is 1. The third-order valence-electron chi connectivity index (χ3n) is 4.70. The van der Waals surface area contributed by atoms with Gasteiger partial charge in [0.2, 0.25) is 0 Å². The lowest BCUT2D eigenvalue weighted by Crippen LogP contribution is -2.42. The molecule has 1 heterocycles. The van der Waals surface area contributed by atoms with E-state index in [0.717, 1.165) is 65.2 Å². The molecule has 1 saturated heterocycles. The average Bonchev–Trinajstić information content (AvgIpc) is 2.73. The van der Waals surface area contributed by atoms with E-state index in [1.807, 2.05) is 6.92 Å². The normalized spacial score (nSPS) is 19.8. The monoisotopic (exact) mass is 426 g/mol. The molecule has 3 N–H and O–H groups in total. The van der Waals surface area contributed by atoms with Crippen LogP contribution >= 0.6 is 7.80 Å². The van der Waals surface area contributed by atoms with Crippen molar-refractivity contribution >= 4 is 18.8 Å². The van der Waals surface area contributed by atoms with Gasteiger partial charge in [-0.05, 0) is 51.5 Å². The smallest absolute Gasteiger partial charge is 0.323 e. The lowest BCUT2D eigenvalue weighted by atomic mass is 10.3. The molecule has 0 spiro atoms. The molecule has 2 unspecified atom stereocenters. The minimum Gasteiger partial charge on any atom is -0.323 e. The molecule has 2 atom stereocenters. The van der Waals surface area contributed by atoms with Gasteiger partial charge in [-0.3, -0.25) is 10.1 Å². The second kappa shape index (κ2) is 13.7. The van der Waals surface area contributed by atoms with Crippen LogP contribution in [-0.2, 0) is 9.30 Å². The standard InChI is InChI=1S/C19H33N5O4P/c1-2-28-19(29(27)18-7-5-17(6-8-18)24(25)26)23-15-4-11-21-13-12-20-9-3-10-22-14-16-23/h5-8,19-22H,2-4,9-16H2,1H3/q+1. The molecule has 0 saturated carbocycles. The van der Waals surface area contributed by atoms with E-state index in [0.29, 0.717) is 11.9 Å². The van der Waals surface area contributed by atoms with Gasteiger partial charge in [-0.25, -0.2) is 4.90 Å². The van der Waals surface area contributed by atoms with E-state index in [2.05, 4.69) is 20.9 Å². The second-order valence-corrected chi connectivity index (χ2v) is 8.48. The molecule has 2 rings (SSSR count). The summed E-state index contributed by atoms with van der Waals surface area (Å²) in [6.07, 6.45) is 1.99. The Morgan fingerprint density at radius 1 is 1.03 bits per heavy atom. The van der Waals surface area contributed by atoms with Gasteiger partial charge in [-0.1, -0.05) is 4.57 Å². The Morgan fingerprint density at radius 2 is 1.66 bits per heavy atom. The van der Waals surface area contributed by atoms with Crippen LogP contribution in [-0.4, -0.2) is 74.8 Å². The molecule has 1 aromatic carbocycles. The lowest BCUT2D eigenvalue weighted by molar-refractivity contribution is -0.384. The topological polar surface area (TPSA) is 109 Å². The number of nitrogens with one attached hydrogen (secondary N) is 3. The average molecular weight is 426 g/mol. The van der Waals surface area contributed by atoms with E-state index in [1.165, 1.54) is 12.1 Å². The van der Waals surface area contributed by atoms with Crippen LogP contribution in [0, 0.1) is 10.1 Å². The Balaban J connectivity index is 2.07. The highest BCUT2D eigenvalue weighted by Gasteiger charge is 2.38. The minimum atomic E-state index is -1.88. The number of nitro groups is 1. The van der Waals surface area contributed by atoms with Crippen LogP contribution in [0.4, 0.5) is 5.69 Å². The van der Waals surface area contributed by atoms with E-state index < -0.39 is 18.7 Å². The predicted molar refractivity (Wildman–Crippen MR) is 115 cm³/mol. The summed E-state index contributed by atoms with van der Waals surface area (Å²) in [5.41, 5.74) is -0.00632. The van der Waals surface area contributed by atoms with E-state index in [4.69, 9.17) is 4.74 Å². The Morgan fingerprint density at radius 3 is 2.28 bits per heavy atom. The summed E-state index contributed by atoms with van der Waals surface area (Å²) >= 11 is 0. The van der Waals surface area contributed by atoms with Gasteiger partial charge >= 0.3 is 13.8 Å². The highest BCUT2D eigenvalue weighted by molar-refractivity contribution is 7.54. The van der Waals surface area contributed by atoms with Crippen LogP contribution in [0.25, 0.3) is 0 Å². The fourth-order valence-corrected chi connectivity index (χ4v) is 4.68. The van der Waals surface area contributed by atoms with Crippen LogP contribution in [0.3, 0.4) is 0 Å². The van der Waals surface area contributed by atoms with Gasteiger partial charge < -0.3 is 20.7 Å². The molecule has 1 aliphatic rings. The lowest BCUT2D eigenvalue weighted by Gasteiger charge is -2.25. The molecule has 9 nitrogen and oxygen atoms in total. The molecule has 1 fully saturated rings. The van der Waals surface area contributed by atoms with Crippen molar-refractivity contribution in [1.29, 1.82) is 0 Å². The predicted octanol–water partition coefficient (Wildman–Crippen LogP) is 1.23. The molecule has 0 amide bonds. The van der Waals surface area contributed by atoms with E-state index in [9.17, 15) is 14.7 Å². The second-order valence-electron chi connectivity index (χ2n) is 6.87. The first-order valence-electron chi connectivity index (χ1n) is 10.3. The molecule has 0 bridgehead atoms. The van der Waals surface area contributed by atoms with Gasteiger partial charge in [-0.15, -0.1) is 0 Å². The van der Waals surface area contributed by atoms with Gasteiger partial charge in [-0.2, -0.15) is 0 Å². The molecular weight excluding hydrogens is 393 g/mol. The van der Waals surface area contributed by atoms with E-state index in [1.54, 1.807) is 12.1 Å². The van der Waals surface area contributed by atoms with E-state index in [-0.39, 0.29) is 5.69 Å². The number of hydrogen-bond acceptors (Lipinski definition) is 8. The molecule has 162 valence electrons. The van der Waals surface area contributed by atoms with Crippen LogP contribution < -0.4 is 21.3 Å².